The number of alkyl halides is 3. The number of carbonyl (C=O) groups is 1. The molecule has 0 amide bonds. The van der Waals surface area contributed by atoms with E-state index in [9.17, 15) is 22.4 Å². The van der Waals surface area contributed by atoms with Crippen LogP contribution in [0.4, 0.5) is 17.6 Å². The van der Waals surface area contributed by atoms with Crippen LogP contribution < -0.4 is 9.47 Å². The first kappa shape index (κ1) is 21.6. The van der Waals surface area contributed by atoms with Crippen molar-refractivity contribution in [1.29, 1.82) is 0 Å². The second kappa shape index (κ2) is 8.31. The highest BCUT2D eigenvalue weighted by atomic mass is 32.1. The lowest BCUT2D eigenvalue weighted by atomic mass is 9.91. The maximum Gasteiger partial charge on any atom is 0.417 e. The maximum atomic E-state index is 14.4. The summed E-state index contributed by atoms with van der Waals surface area (Å²) in [6.07, 6.45) is -4.87. The van der Waals surface area contributed by atoms with E-state index < -0.39 is 34.5 Å². The summed E-state index contributed by atoms with van der Waals surface area (Å²) in [5, 5.41) is 1.83. The molecule has 0 radical (unpaired) electrons. The zero-order chi connectivity index (χ0) is 22.1. The van der Waals surface area contributed by atoms with Gasteiger partial charge in [-0.15, -0.1) is 11.3 Å². The molecule has 3 aromatic rings. The van der Waals surface area contributed by atoms with Gasteiger partial charge in [0.2, 0.25) is 5.78 Å². The van der Waals surface area contributed by atoms with Crippen LogP contribution in [0, 0.1) is 5.82 Å². The SMILES string of the molecule is C=C(C(=O)c1c(OC)ccc(-c2cccs2)c1OC)c1c(F)cccc1C(F)(F)F. The Morgan fingerprint density at radius 2 is 1.73 bits per heavy atom. The number of hydrogen-bond donors (Lipinski definition) is 0. The molecule has 30 heavy (non-hydrogen) atoms. The molecule has 1 heterocycles. The van der Waals surface area contributed by atoms with Gasteiger partial charge in [-0.1, -0.05) is 18.7 Å². The van der Waals surface area contributed by atoms with Gasteiger partial charge in [-0.2, -0.15) is 13.2 Å². The zero-order valence-electron chi connectivity index (χ0n) is 16.0. The first-order valence-corrected chi connectivity index (χ1v) is 9.47. The van der Waals surface area contributed by atoms with Crippen LogP contribution in [0.1, 0.15) is 21.5 Å². The average Bonchev–Trinajstić information content (AvgIpc) is 3.25. The maximum absolute atomic E-state index is 14.4. The molecule has 0 aliphatic heterocycles. The second-order valence-corrected chi connectivity index (χ2v) is 7.12. The fraction of sp³-hybridized carbons (Fsp3) is 0.136. The third-order valence-electron chi connectivity index (χ3n) is 4.45. The highest BCUT2D eigenvalue weighted by Crippen LogP contribution is 2.43. The van der Waals surface area contributed by atoms with Gasteiger partial charge in [0.05, 0.1) is 19.8 Å². The Labute approximate surface area is 174 Å². The first-order valence-electron chi connectivity index (χ1n) is 8.59. The summed E-state index contributed by atoms with van der Waals surface area (Å²) in [5.41, 5.74) is -2.42. The van der Waals surface area contributed by atoms with E-state index in [4.69, 9.17) is 9.47 Å². The molecule has 0 unspecified atom stereocenters. The summed E-state index contributed by atoms with van der Waals surface area (Å²) in [7, 11) is 2.64. The summed E-state index contributed by atoms with van der Waals surface area (Å²) in [6.45, 7) is 3.48. The summed E-state index contributed by atoms with van der Waals surface area (Å²) in [5.74, 6) is -1.95. The molecule has 8 heteroatoms. The Hall–Kier alpha value is -3.13. The summed E-state index contributed by atoms with van der Waals surface area (Å²) in [6, 6.07) is 9.26. The molecule has 0 N–H and O–H groups in total. The van der Waals surface area contributed by atoms with Gasteiger partial charge in [0.15, 0.2) is 0 Å². The number of hydrogen-bond acceptors (Lipinski definition) is 4. The number of ketones is 1. The summed E-state index contributed by atoms with van der Waals surface area (Å²) in [4.78, 5) is 14.0. The summed E-state index contributed by atoms with van der Waals surface area (Å²) < 4.78 is 65.4. The van der Waals surface area contributed by atoms with Crippen molar-refractivity contribution in [1.82, 2.24) is 0 Å². The molecule has 2 aromatic carbocycles. The van der Waals surface area contributed by atoms with Gasteiger partial charge >= 0.3 is 6.18 Å². The first-order chi connectivity index (χ1) is 14.2. The van der Waals surface area contributed by atoms with Crippen LogP contribution in [0.5, 0.6) is 11.5 Å². The molecule has 3 rings (SSSR count). The van der Waals surface area contributed by atoms with E-state index in [1.807, 2.05) is 5.38 Å². The minimum atomic E-state index is -4.87. The van der Waals surface area contributed by atoms with Gasteiger partial charge in [0, 0.05) is 21.6 Å². The van der Waals surface area contributed by atoms with Crippen molar-refractivity contribution in [3.05, 3.63) is 76.9 Å². The Morgan fingerprint density at radius 1 is 1.00 bits per heavy atom. The van der Waals surface area contributed by atoms with Gasteiger partial charge in [0.25, 0.3) is 0 Å². The number of methoxy groups -OCH3 is 2. The third-order valence-corrected chi connectivity index (χ3v) is 5.36. The second-order valence-electron chi connectivity index (χ2n) is 6.17. The van der Waals surface area contributed by atoms with Gasteiger partial charge in [0.1, 0.15) is 22.9 Å². The van der Waals surface area contributed by atoms with E-state index in [1.165, 1.54) is 31.6 Å². The number of Topliss-reactive ketones (excluding diaryl/α,β-unsaturated/α-hetero) is 1. The van der Waals surface area contributed by atoms with E-state index in [0.29, 0.717) is 11.6 Å². The van der Waals surface area contributed by atoms with Crippen LogP contribution in [-0.2, 0) is 6.18 Å². The molecule has 3 nitrogen and oxygen atoms in total. The predicted molar refractivity (Wildman–Crippen MR) is 108 cm³/mol. The molecule has 0 saturated heterocycles. The van der Waals surface area contributed by atoms with E-state index in [-0.39, 0.29) is 17.1 Å². The van der Waals surface area contributed by atoms with Crippen molar-refractivity contribution in [3.63, 3.8) is 0 Å². The molecule has 0 fully saturated rings. The van der Waals surface area contributed by atoms with E-state index in [2.05, 4.69) is 6.58 Å². The Bertz CT molecular complexity index is 1100. The van der Waals surface area contributed by atoms with Gasteiger partial charge in [-0.25, -0.2) is 4.39 Å². The van der Waals surface area contributed by atoms with Crippen LogP contribution in [0.2, 0.25) is 0 Å². The van der Waals surface area contributed by atoms with Crippen molar-refractivity contribution < 1.29 is 31.8 Å². The molecule has 0 aliphatic rings. The monoisotopic (exact) mass is 436 g/mol. The molecule has 0 bridgehead atoms. The quantitative estimate of drug-likeness (QED) is 0.252. The molecule has 1 aromatic heterocycles. The highest BCUT2D eigenvalue weighted by Gasteiger charge is 2.37. The number of rotatable bonds is 6. The lowest BCUT2D eigenvalue weighted by Gasteiger charge is -2.18. The zero-order valence-corrected chi connectivity index (χ0v) is 16.8. The van der Waals surface area contributed by atoms with Crippen LogP contribution in [-0.4, -0.2) is 20.0 Å². The van der Waals surface area contributed by atoms with Crippen LogP contribution >= 0.6 is 11.3 Å². The molecule has 0 atom stereocenters. The molecule has 156 valence electrons. The Balaban J connectivity index is 2.21. The fourth-order valence-electron chi connectivity index (χ4n) is 3.12. The van der Waals surface area contributed by atoms with E-state index in [0.717, 1.165) is 17.0 Å². The number of allylic oxidation sites excluding steroid dienone is 1. The van der Waals surface area contributed by atoms with Crippen LogP contribution in [0.15, 0.2) is 54.4 Å². The van der Waals surface area contributed by atoms with Crippen LogP contribution in [0.25, 0.3) is 16.0 Å². The highest BCUT2D eigenvalue weighted by molar-refractivity contribution is 7.13. The van der Waals surface area contributed by atoms with Crippen molar-refractivity contribution in [2.45, 2.75) is 6.18 Å². The number of thiophene rings is 1. The normalized spacial score (nSPS) is 11.3. The third kappa shape index (κ3) is 3.82. The van der Waals surface area contributed by atoms with Crippen molar-refractivity contribution in [2.24, 2.45) is 0 Å². The van der Waals surface area contributed by atoms with Gasteiger partial charge in [-0.3, -0.25) is 4.79 Å². The fourth-order valence-corrected chi connectivity index (χ4v) is 3.87. The molecule has 0 spiro atoms. The summed E-state index contributed by atoms with van der Waals surface area (Å²) >= 11 is 1.39. The van der Waals surface area contributed by atoms with Crippen molar-refractivity contribution >= 4 is 22.7 Å². The van der Waals surface area contributed by atoms with Gasteiger partial charge < -0.3 is 9.47 Å². The number of ether oxygens (including phenoxy) is 2. The average molecular weight is 436 g/mol. The molecular weight excluding hydrogens is 420 g/mol. The van der Waals surface area contributed by atoms with Crippen molar-refractivity contribution in [3.8, 4) is 21.9 Å². The minimum absolute atomic E-state index is 0.0724. The Kier molecular flexibility index (Phi) is 5.98. The van der Waals surface area contributed by atoms with Crippen LogP contribution in [0.3, 0.4) is 0 Å². The standard InChI is InChI=1S/C22H16F4O3S/c1-12(18-14(22(24,25)26)6-4-7-15(18)23)20(27)19-16(28-2)10-9-13(21(19)29-3)17-8-5-11-30-17/h4-11H,1H2,2-3H3. The van der Waals surface area contributed by atoms with E-state index >= 15 is 0 Å². The minimum Gasteiger partial charge on any atom is -0.496 e. The lowest BCUT2D eigenvalue weighted by Crippen LogP contribution is -2.14. The lowest BCUT2D eigenvalue weighted by molar-refractivity contribution is -0.137. The molecule has 0 saturated carbocycles. The van der Waals surface area contributed by atoms with Gasteiger partial charge in [-0.05, 0) is 35.7 Å². The molecule has 0 aliphatic carbocycles. The smallest absolute Gasteiger partial charge is 0.417 e. The number of carbonyl (C=O) groups excluding carboxylic acids is 1. The van der Waals surface area contributed by atoms with Crippen molar-refractivity contribution in [2.75, 3.05) is 14.2 Å². The topological polar surface area (TPSA) is 35.5 Å². The van der Waals surface area contributed by atoms with E-state index in [1.54, 1.807) is 18.2 Å². The number of benzene rings is 2. The Morgan fingerprint density at radius 3 is 2.30 bits per heavy atom. The predicted octanol–water partition coefficient (Wildman–Crippen LogP) is 6.49. The number of halogens is 4. The molecular formula is C22H16F4O3S. The largest absolute Gasteiger partial charge is 0.496 e.